The highest BCUT2D eigenvalue weighted by molar-refractivity contribution is 5.87. The first-order chi connectivity index (χ1) is 14.1. The Bertz CT molecular complexity index is 1140. The molecule has 1 heterocycles. The molecule has 2 N–H and O–H groups in total. The second-order valence-electron chi connectivity index (χ2n) is 7.33. The Morgan fingerprint density at radius 2 is 1.62 bits per heavy atom. The number of nitrogens with one attached hydrogen (secondary N) is 1. The Labute approximate surface area is 170 Å². The largest absolute Gasteiger partial charge is 0.478 e. The summed E-state index contributed by atoms with van der Waals surface area (Å²) in [4.78, 5) is 11.0. The van der Waals surface area contributed by atoms with E-state index in [0.717, 1.165) is 18.7 Å². The Kier molecular flexibility index (Phi) is 5.45. The summed E-state index contributed by atoms with van der Waals surface area (Å²) < 4.78 is 2.32. The Morgan fingerprint density at radius 1 is 0.897 bits per heavy atom. The maximum atomic E-state index is 11.0. The van der Waals surface area contributed by atoms with E-state index in [2.05, 4.69) is 71.5 Å². The van der Waals surface area contributed by atoms with Crippen molar-refractivity contribution in [2.24, 2.45) is 0 Å². The monoisotopic (exact) mass is 384 g/mol. The van der Waals surface area contributed by atoms with E-state index in [1.165, 1.54) is 27.6 Å². The van der Waals surface area contributed by atoms with Crippen LogP contribution in [0.4, 0.5) is 0 Å². The van der Waals surface area contributed by atoms with Gasteiger partial charge in [0.25, 0.3) is 0 Å². The lowest BCUT2D eigenvalue weighted by atomic mass is 10.1. The van der Waals surface area contributed by atoms with Crippen LogP contribution in [0.1, 0.15) is 32.6 Å². The maximum absolute atomic E-state index is 11.0. The van der Waals surface area contributed by atoms with Crippen molar-refractivity contribution in [1.82, 2.24) is 9.88 Å². The van der Waals surface area contributed by atoms with Crippen LogP contribution in [0.2, 0.25) is 0 Å². The SMILES string of the molecule is Cc1ccccc1Cn1cc(CNCc2ccc(C(=O)O)cc2)c2ccccc21. The van der Waals surface area contributed by atoms with E-state index in [0.29, 0.717) is 12.1 Å². The molecule has 3 aromatic carbocycles. The van der Waals surface area contributed by atoms with Gasteiger partial charge in [-0.2, -0.15) is 0 Å². The van der Waals surface area contributed by atoms with Crippen molar-refractivity contribution < 1.29 is 9.90 Å². The van der Waals surface area contributed by atoms with Crippen LogP contribution >= 0.6 is 0 Å². The number of carbonyl (C=O) groups is 1. The molecular formula is C25H24N2O2. The number of rotatable bonds is 7. The first-order valence-electron chi connectivity index (χ1n) is 9.76. The minimum absolute atomic E-state index is 0.313. The van der Waals surface area contributed by atoms with Gasteiger partial charge in [-0.05, 0) is 47.4 Å². The zero-order valence-electron chi connectivity index (χ0n) is 16.4. The van der Waals surface area contributed by atoms with Crippen LogP contribution in [0.5, 0.6) is 0 Å². The van der Waals surface area contributed by atoms with Crippen LogP contribution < -0.4 is 5.32 Å². The van der Waals surface area contributed by atoms with E-state index in [1.807, 2.05) is 12.1 Å². The molecule has 4 rings (SSSR count). The number of benzene rings is 3. The molecule has 4 nitrogen and oxygen atoms in total. The number of hydrogen-bond donors (Lipinski definition) is 2. The number of fused-ring (bicyclic) bond motifs is 1. The summed E-state index contributed by atoms with van der Waals surface area (Å²) >= 11 is 0. The van der Waals surface area contributed by atoms with Gasteiger partial charge in [-0.3, -0.25) is 0 Å². The van der Waals surface area contributed by atoms with Gasteiger partial charge in [0.15, 0.2) is 0 Å². The van der Waals surface area contributed by atoms with E-state index in [4.69, 9.17) is 5.11 Å². The molecule has 0 radical (unpaired) electrons. The molecule has 0 aliphatic rings. The minimum Gasteiger partial charge on any atom is -0.478 e. The van der Waals surface area contributed by atoms with Crippen molar-refractivity contribution in [3.8, 4) is 0 Å². The van der Waals surface area contributed by atoms with E-state index in [-0.39, 0.29) is 0 Å². The lowest BCUT2D eigenvalue weighted by Crippen LogP contribution is -2.12. The summed E-state index contributed by atoms with van der Waals surface area (Å²) in [6.07, 6.45) is 2.23. The van der Waals surface area contributed by atoms with Crippen LogP contribution in [0.15, 0.2) is 79.0 Å². The number of nitrogens with zero attached hydrogens (tertiary/aromatic N) is 1. The first kappa shape index (κ1) is 19.0. The Hall–Kier alpha value is -3.37. The molecule has 146 valence electrons. The molecule has 4 heteroatoms. The average molecular weight is 384 g/mol. The van der Waals surface area contributed by atoms with Crippen LogP contribution in [-0.2, 0) is 19.6 Å². The van der Waals surface area contributed by atoms with Gasteiger partial charge in [0, 0.05) is 36.7 Å². The zero-order chi connectivity index (χ0) is 20.2. The van der Waals surface area contributed by atoms with Crippen molar-refractivity contribution in [3.05, 3.63) is 107 Å². The van der Waals surface area contributed by atoms with Crippen LogP contribution in [-0.4, -0.2) is 15.6 Å². The fraction of sp³-hybridized carbons (Fsp3) is 0.160. The van der Waals surface area contributed by atoms with Gasteiger partial charge in [-0.25, -0.2) is 4.79 Å². The lowest BCUT2D eigenvalue weighted by Gasteiger charge is -2.08. The summed E-state index contributed by atoms with van der Waals surface area (Å²) in [5, 5.41) is 13.8. The average Bonchev–Trinajstić information content (AvgIpc) is 3.08. The molecule has 0 aliphatic heterocycles. The summed E-state index contributed by atoms with van der Waals surface area (Å²) in [5.41, 5.74) is 6.50. The predicted octanol–water partition coefficient (Wildman–Crippen LogP) is 4.99. The number of para-hydroxylation sites is 1. The molecule has 0 fully saturated rings. The standard InChI is InChI=1S/C25H24N2O2/c1-18-6-2-3-7-21(18)16-27-17-22(23-8-4-5-9-24(23)27)15-26-14-19-10-12-20(13-11-19)25(28)29/h2-13,17,26H,14-16H2,1H3,(H,28,29). The zero-order valence-corrected chi connectivity index (χ0v) is 16.4. The second kappa shape index (κ2) is 8.33. The highest BCUT2D eigenvalue weighted by atomic mass is 16.4. The lowest BCUT2D eigenvalue weighted by molar-refractivity contribution is 0.0697. The molecular weight excluding hydrogens is 360 g/mol. The quantitative estimate of drug-likeness (QED) is 0.472. The van der Waals surface area contributed by atoms with Crippen molar-refractivity contribution >= 4 is 16.9 Å². The molecule has 4 aromatic rings. The van der Waals surface area contributed by atoms with Crippen molar-refractivity contribution in [1.29, 1.82) is 0 Å². The third-order valence-corrected chi connectivity index (χ3v) is 5.32. The van der Waals surface area contributed by atoms with E-state index >= 15 is 0 Å². The summed E-state index contributed by atoms with van der Waals surface area (Å²) in [6.45, 7) is 4.45. The summed E-state index contributed by atoms with van der Waals surface area (Å²) in [6, 6.07) is 24.0. The molecule has 0 saturated heterocycles. The predicted molar refractivity (Wildman–Crippen MR) is 116 cm³/mol. The molecule has 0 spiro atoms. The number of aryl methyl sites for hydroxylation is 1. The fourth-order valence-corrected chi connectivity index (χ4v) is 3.67. The molecule has 0 unspecified atom stereocenters. The number of aromatic nitrogens is 1. The van der Waals surface area contributed by atoms with Gasteiger partial charge >= 0.3 is 5.97 Å². The van der Waals surface area contributed by atoms with Crippen molar-refractivity contribution in [2.75, 3.05) is 0 Å². The van der Waals surface area contributed by atoms with Crippen molar-refractivity contribution in [3.63, 3.8) is 0 Å². The first-order valence-corrected chi connectivity index (χ1v) is 9.76. The molecule has 1 aromatic heterocycles. The number of carboxylic acids is 1. The van der Waals surface area contributed by atoms with E-state index < -0.39 is 5.97 Å². The third kappa shape index (κ3) is 4.23. The summed E-state index contributed by atoms with van der Waals surface area (Å²) in [5.74, 6) is -0.897. The Balaban J connectivity index is 1.50. The van der Waals surface area contributed by atoms with Crippen molar-refractivity contribution in [2.45, 2.75) is 26.6 Å². The normalized spacial score (nSPS) is 11.1. The van der Waals surface area contributed by atoms with Crippen LogP contribution in [0.3, 0.4) is 0 Å². The molecule has 29 heavy (non-hydrogen) atoms. The smallest absolute Gasteiger partial charge is 0.335 e. The fourth-order valence-electron chi connectivity index (χ4n) is 3.67. The van der Waals surface area contributed by atoms with Gasteiger partial charge in [0.2, 0.25) is 0 Å². The minimum atomic E-state index is -0.897. The molecule has 0 saturated carbocycles. The highest BCUT2D eigenvalue weighted by Crippen LogP contribution is 2.23. The third-order valence-electron chi connectivity index (χ3n) is 5.32. The number of aromatic carboxylic acids is 1. The van der Waals surface area contributed by atoms with Gasteiger partial charge in [-0.15, -0.1) is 0 Å². The molecule has 0 bridgehead atoms. The molecule has 0 amide bonds. The second-order valence-corrected chi connectivity index (χ2v) is 7.33. The number of hydrogen-bond acceptors (Lipinski definition) is 2. The summed E-state index contributed by atoms with van der Waals surface area (Å²) in [7, 11) is 0. The molecule has 0 atom stereocenters. The molecule has 0 aliphatic carbocycles. The van der Waals surface area contributed by atoms with Crippen LogP contribution in [0.25, 0.3) is 10.9 Å². The topological polar surface area (TPSA) is 54.3 Å². The van der Waals surface area contributed by atoms with E-state index in [9.17, 15) is 4.79 Å². The van der Waals surface area contributed by atoms with Gasteiger partial charge in [-0.1, -0.05) is 54.6 Å². The van der Waals surface area contributed by atoms with Gasteiger partial charge < -0.3 is 15.0 Å². The highest BCUT2D eigenvalue weighted by Gasteiger charge is 2.09. The van der Waals surface area contributed by atoms with Gasteiger partial charge in [0.05, 0.1) is 5.56 Å². The Morgan fingerprint density at radius 3 is 2.38 bits per heavy atom. The maximum Gasteiger partial charge on any atom is 0.335 e. The van der Waals surface area contributed by atoms with E-state index in [1.54, 1.807) is 12.1 Å². The van der Waals surface area contributed by atoms with Crippen LogP contribution in [0, 0.1) is 6.92 Å². The van der Waals surface area contributed by atoms with Gasteiger partial charge in [0.1, 0.15) is 0 Å². The number of carboxylic acid groups (broad SMARTS) is 1.